The van der Waals surface area contributed by atoms with Gasteiger partial charge in [0.2, 0.25) is 0 Å². The fraction of sp³-hybridized carbons (Fsp3) is 0.909. The normalized spacial score (nSPS) is 21.8. The van der Waals surface area contributed by atoms with Crippen molar-refractivity contribution < 1.29 is 9.53 Å². The van der Waals surface area contributed by atoms with Crippen LogP contribution in [0.25, 0.3) is 0 Å². The number of nitrogens with zero attached hydrogens (tertiary/aromatic N) is 1. The summed E-state index contributed by atoms with van der Waals surface area (Å²) in [4.78, 5) is 13.0. The van der Waals surface area contributed by atoms with Crippen LogP contribution in [-0.4, -0.2) is 43.5 Å². The van der Waals surface area contributed by atoms with E-state index in [1.807, 2.05) is 0 Å². The van der Waals surface area contributed by atoms with Crippen molar-refractivity contribution >= 4 is 5.78 Å². The van der Waals surface area contributed by atoms with Crippen molar-refractivity contribution in [3.05, 3.63) is 0 Å². The summed E-state index contributed by atoms with van der Waals surface area (Å²) in [6.45, 7) is 4.59. The van der Waals surface area contributed by atoms with E-state index in [-0.39, 0.29) is 5.78 Å². The third-order valence-corrected chi connectivity index (χ3v) is 2.61. The van der Waals surface area contributed by atoms with Crippen molar-refractivity contribution in [3.63, 3.8) is 0 Å². The smallest absolute Gasteiger partial charge is 0.129 e. The monoisotopic (exact) mass is 199 g/mol. The maximum absolute atomic E-state index is 10.7. The Hall–Kier alpha value is -0.410. The first-order chi connectivity index (χ1) is 6.68. The van der Waals surface area contributed by atoms with Gasteiger partial charge in [-0.2, -0.15) is 0 Å². The molecule has 0 saturated carbocycles. The number of hydrogen-bond acceptors (Lipinski definition) is 3. The number of carbonyl (C=O) groups is 1. The molecule has 1 rings (SSSR count). The maximum Gasteiger partial charge on any atom is 0.129 e. The van der Waals surface area contributed by atoms with Gasteiger partial charge in [0.05, 0.1) is 6.10 Å². The Kier molecular flexibility index (Phi) is 5.12. The molecule has 14 heavy (non-hydrogen) atoms. The first kappa shape index (κ1) is 11.7. The van der Waals surface area contributed by atoms with Gasteiger partial charge in [-0.1, -0.05) is 0 Å². The van der Waals surface area contributed by atoms with Crippen LogP contribution < -0.4 is 0 Å². The average Bonchev–Trinajstić information content (AvgIpc) is 2.56. The zero-order valence-electron chi connectivity index (χ0n) is 9.29. The van der Waals surface area contributed by atoms with Gasteiger partial charge in [0.15, 0.2) is 0 Å². The van der Waals surface area contributed by atoms with E-state index in [2.05, 4.69) is 11.9 Å². The number of ether oxygens (including phenoxy) is 1. The molecule has 1 saturated heterocycles. The van der Waals surface area contributed by atoms with Gasteiger partial charge in [0, 0.05) is 19.6 Å². The maximum atomic E-state index is 10.7. The van der Waals surface area contributed by atoms with E-state index in [0.717, 1.165) is 26.1 Å². The lowest BCUT2D eigenvalue weighted by molar-refractivity contribution is -0.117. The molecule has 0 amide bonds. The van der Waals surface area contributed by atoms with Gasteiger partial charge in [-0.05, 0) is 39.8 Å². The van der Waals surface area contributed by atoms with Crippen molar-refractivity contribution in [1.82, 2.24) is 4.90 Å². The Bertz CT molecular complexity index is 176. The summed E-state index contributed by atoms with van der Waals surface area (Å²) < 4.78 is 5.54. The summed E-state index contributed by atoms with van der Waals surface area (Å²) in [5.74, 6) is 0.288. The largest absolute Gasteiger partial charge is 0.377 e. The first-order valence-electron chi connectivity index (χ1n) is 5.48. The molecule has 0 aromatic rings. The molecule has 82 valence electrons. The molecule has 1 aliphatic rings. The van der Waals surface area contributed by atoms with Gasteiger partial charge in [-0.25, -0.2) is 0 Å². The van der Waals surface area contributed by atoms with Crippen LogP contribution in [0.3, 0.4) is 0 Å². The van der Waals surface area contributed by atoms with E-state index in [0.29, 0.717) is 12.5 Å². The van der Waals surface area contributed by atoms with Crippen molar-refractivity contribution in [2.45, 2.75) is 38.7 Å². The Labute approximate surface area is 86.4 Å². The molecule has 3 heteroatoms. The number of carbonyl (C=O) groups excluding carboxylic acids is 1. The molecule has 1 fully saturated rings. The van der Waals surface area contributed by atoms with Gasteiger partial charge in [-0.3, -0.25) is 0 Å². The minimum atomic E-state index is 0.288. The summed E-state index contributed by atoms with van der Waals surface area (Å²) >= 11 is 0. The summed E-state index contributed by atoms with van der Waals surface area (Å²) in [6.07, 6.45) is 4.49. The van der Waals surface area contributed by atoms with E-state index in [9.17, 15) is 4.79 Å². The predicted molar refractivity (Wildman–Crippen MR) is 56.4 cm³/mol. The highest BCUT2D eigenvalue weighted by Crippen LogP contribution is 2.12. The van der Waals surface area contributed by atoms with E-state index in [1.54, 1.807) is 6.92 Å². The number of ketones is 1. The van der Waals surface area contributed by atoms with Crippen molar-refractivity contribution in [2.24, 2.45) is 0 Å². The highest BCUT2D eigenvalue weighted by molar-refractivity contribution is 5.75. The topological polar surface area (TPSA) is 29.5 Å². The van der Waals surface area contributed by atoms with Crippen LogP contribution in [-0.2, 0) is 9.53 Å². The molecular weight excluding hydrogens is 178 g/mol. The highest BCUT2D eigenvalue weighted by atomic mass is 16.5. The standard InChI is InChI=1S/C11H21NO2/c1-10(13)5-3-7-12(2)9-11-6-4-8-14-11/h11H,3-9H2,1-2H3. The highest BCUT2D eigenvalue weighted by Gasteiger charge is 2.16. The van der Waals surface area contributed by atoms with Gasteiger partial charge >= 0.3 is 0 Å². The van der Waals surface area contributed by atoms with Crippen LogP contribution in [0.1, 0.15) is 32.6 Å². The number of hydrogen-bond donors (Lipinski definition) is 0. The Morgan fingerprint density at radius 2 is 2.36 bits per heavy atom. The lowest BCUT2D eigenvalue weighted by Crippen LogP contribution is -2.29. The quantitative estimate of drug-likeness (QED) is 0.648. The van der Waals surface area contributed by atoms with Crippen molar-refractivity contribution in [3.8, 4) is 0 Å². The zero-order chi connectivity index (χ0) is 10.4. The van der Waals surface area contributed by atoms with Crippen LogP contribution in [0.5, 0.6) is 0 Å². The van der Waals surface area contributed by atoms with Crippen LogP contribution in [0.15, 0.2) is 0 Å². The Balaban J connectivity index is 2.03. The molecule has 1 heterocycles. The fourth-order valence-corrected chi connectivity index (χ4v) is 1.83. The molecule has 1 unspecified atom stereocenters. The zero-order valence-corrected chi connectivity index (χ0v) is 9.29. The lowest BCUT2D eigenvalue weighted by Gasteiger charge is -2.19. The molecule has 0 aromatic heterocycles. The molecular formula is C11H21NO2. The Morgan fingerprint density at radius 1 is 1.57 bits per heavy atom. The van der Waals surface area contributed by atoms with Gasteiger partial charge in [0.25, 0.3) is 0 Å². The first-order valence-corrected chi connectivity index (χ1v) is 5.48. The molecule has 0 bridgehead atoms. The molecule has 0 spiro atoms. The third-order valence-electron chi connectivity index (χ3n) is 2.61. The molecule has 0 aromatic carbocycles. The second kappa shape index (κ2) is 6.14. The van der Waals surface area contributed by atoms with Gasteiger partial charge < -0.3 is 14.4 Å². The van der Waals surface area contributed by atoms with Crippen molar-refractivity contribution in [1.29, 1.82) is 0 Å². The number of Topliss-reactive ketones (excluding diaryl/α,β-unsaturated/α-hetero) is 1. The molecule has 0 radical (unpaired) electrons. The van der Waals surface area contributed by atoms with E-state index in [4.69, 9.17) is 4.74 Å². The third kappa shape index (κ3) is 4.72. The SMILES string of the molecule is CC(=O)CCCN(C)CC1CCCO1. The minimum absolute atomic E-state index is 0.288. The van der Waals surface area contributed by atoms with Gasteiger partial charge in [0.1, 0.15) is 5.78 Å². The second-order valence-corrected chi connectivity index (χ2v) is 4.20. The van der Waals surface area contributed by atoms with Gasteiger partial charge in [-0.15, -0.1) is 0 Å². The minimum Gasteiger partial charge on any atom is -0.377 e. The summed E-state index contributed by atoms with van der Waals surface area (Å²) in [7, 11) is 2.10. The summed E-state index contributed by atoms with van der Waals surface area (Å²) in [6, 6.07) is 0. The molecule has 0 aliphatic carbocycles. The predicted octanol–water partition coefficient (Wildman–Crippen LogP) is 1.47. The van der Waals surface area contributed by atoms with Crippen LogP contribution in [0.4, 0.5) is 0 Å². The number of rotatable bonds is 6. The molecule has 0 N–H and O–H groups in total. The van der Waals surface area contributed by atoms with Crippen molar-refractivity contribution in [2.75, 3.05) is 26.7 Å². The van der Waals surface area contributed by atoms with E-state index in [1.165, 1.54) is 12.8 Å². The second-order valence-electron chi connectivity index (χ2n) is 4.20. The van der Waals surface area contributed by atoms with Crippen LogP contribution in [0.2, 0.25) is 0 Å². The fourth-order valence-electron chi connectivity index (χ4n) is 1.83. The number of likely N-dealkylation sites (N-methyl/N-ethyl adjacent to an activating group) is 1. The molecule has 1 aliphatic heterocycles. The Morgan fingerprint density at radius 3 is 2.93 bits per heavy atom. The van der Waals surface area contributed by atoms with Crippen LogP contribution in [0, 0.1) is 0 Å². The summed E-state index contributed by atoms with van der Waals surface area (Å²) in [5, 5.41) is 0. The van der Waals surface area contributed by atoms with E-state index < -0.39 is 0 Å². The average molecular weight is 199 g/mol. The lowest BCUT2D eigenvalue weighted by atomic mass is 10.2. The van der Waals surface area contributed by atoms with E-state index >= 15 is 0 Å². The summed E-state index contributed by atoms with van der Waals surface area (Å²) in [5.41, 5.74) is 0. The molecule has 3 nitrogen and oxygen atoms in total. The van der Waals surface area contributed by atoms with Crippen LogP contribution >= 0.6 is 0 Å². The molecule has 1 atom stereocenters.